The van der Waals surface area contributed by atoms with Crippen LogP contribution in [-0.2, 0) is 18.4 Å². The van der Waals surface area contributed by atoms with E-state index in [1.165, 1.54) is 0 Å². The zero-order valence-electron chi connectivity index (χ0n) is 14.0. The normalized spacial score (nSPS) is 13.4. The summed E-state index contributed by atoms with van der Waals surface area (Å²) in [5.74, 6) is 0.440. The second-order valence-electron chi connectivity index (χ2n) is 6.50. The van der Waals surface area contributed by atoms with Gasteiger partial charge < -0.3 is 13.6 Å². The third kappa shape index (κ3) is 7.54. The van der Waals surface area contributed by atoms with Crippen LogP contribution in [0.5, 0.6) is 0 Å². The van der Waals surface area contributed by atoms with Gasteiger partial charge in [0.15, 0.2) is 0 Å². The van der Waals surface area contributed by atoms with Gasteiger partial charge in [0, 0.05) is 0 Å². The van der Waals surface area contributed by atoms with Crippen LogP contribution in [0.2, 0.25) is 39.3 Å². The number of rotatable bonds is 7. The molecule has 0 aromatic carbocycles. The Balaban J connectivity index is 5.43. The Bertz CT molecular complexity index is 400. The summed E-state index contributed by atoms with van der Waals surface area (Å²) in [4.78, 5) is 12.1. The summed E-state index contributed by atoms with van der Waals surface area (Å²) in [5.41, 5.74) is 0.316. The predicted octanol–water partition coefficient (Wildman–Crippen LogP) is 4.04. The van der Waals surface area contributed by atoms with Crippen molar-refractivity contribution in [1.29, 1.82) is 0 Å². The predicted molar refractivity (Wildman–Crippen MR) is 87.3 cm³/mol. The van der Waals surface area contributed by atoms with Crippen molar-refractivity contribution in [1.82, 2.24) is 0 Å². The monoisotopic (exact) mass is 316 g/mol. The molecule has 0 heterocycles. The van der Waals surface area contributed by atoms with Crippen molar-refractivity contribution < 1.29 is 18.4 Å². The fourth-order valence-electron chi connectivity index (χ4n) is 1.59. The van der Waals surface area contributed by atoms with Crippen LogP contribution in [0.1, 0.15) is 13.8 Å². The van der Waals surface area contributed by atoms with Gasteiger partial charge in [-0.3, -0.25) is 0 Å². The van der Waals surface area contributed by atoms with Crippen LogP contribution in [0.25, 0.3) is 0 Å². The Morgan fingerprint density at radius 3 is 1.80 bits per heavy atom. The van der Waals surface area contributed by atoms with Crippen LogP contribution in [-0.4, -0.2) is 29.2 Å². The van der Waals surface area contributed by atoms with E-state index in [1.54, 1.807) is 13.8 Å². The molecule has 0 aromatic rings. The zero-order valence-corrected chi connectivity index (χ0v) is 16.0. The van der Waals surface area contributed by atoms with Gasteiger partial charge in [0.2, 0.25) is 16.6 Å². The summed E-state index contributed by atoms with van der Waals surface area (Å²) >= 11 is 0. The summed E-state index contributed by atoms with van der Waals surface area (Å²) in [6.45, 7) is 20.0. The van der Waals surface area contributed by atoms with E-state index < -0.39 is 22.6 Å². The summed E-state index contributed by atoms with van der Waals surface area (Å²) < 4.78 is 16.8. The molecule has 20 heavy (non-hydrogen) atoms. The van der Waals surface area contributed by atoms with Crippen LogP contribution in [0.3, 0.4) is 0 Å². The topological polar surface area (TPSA) is 44.8 Å². The van der Waals surface area contributed by atoms with Crippen molar-refractivity contribution in [3.8, 4) is 0 Å². The minimum atomic E-state index is -1.84. The molecule has 116 valence electrons. The van der Waals surface area contributed by atoms with Gasteiger partial charge in [-0.25, -0.2) is 4.79 Å². The SMILES string of the molecule is C=C(O[Si](C)(C)C)/C(C(=O)OCC)=C(/C)O[Si](C)(C)C. The molecular weight excluding hydrogens is 288 g/mol. The van der Waals surface area contributed by atoms with Crippen LogP contribution in [0.4, 0.5) is 0 Å². The quantitative estimate of drug-likeness (QED) is 0.234. The lowest BCUT2D eigenvalue weighted by Crippen LogP contribution is -2.29. The molecule has 0 aromatic heterocycles. The number of ether oxygens (including phenoxy) is 1. The van der Waals surface area contributed by atoms with E-state index in [2.05, 4.69) is 26.2 Å². The Morgan fingerprint density at radius 2 is 1.45 bits per heavy atom. The first-order valence-corrected chi connectivity index (χ1v) is 13.6. The zero-order chi connectivity index (χ0) is 16.1. The Kier molecular flexibility index (Phi) is 6.76. The van der Waals surface area contributed by atoms with Crippen molar-refractivity contribution in [2.24, 2.45) is 0 Å². The first-order chi connectivity index (χ1) is 8.87. The standard InChI is InChI=1S/C14H28O4Si2/c1-10-16-14(15)13(11(2)17-19(4,5)6)12(3)18-20(7,8)9/h2,10H2,1,3-9H3/b13-12+. The largest absolute Gasteiger partial charge is 0.547 e. The number of hydrogen-bond acceptors (Lipinski definition) is 4. The first-order valence-electron chi connectivity index (χ1n) is 6.82. The third-order valence-electron chi connectivity index (χ3n) is 2.00. The molecule has 0 N–H and O–H groups in total. The van der Waals surface area contributed by atoms with E-state index in [4.69, 9.17) is 13.6 Å². The molecule has 0 rings (SSSR count). The smallest absolute Gasteiger partial charge is 0.345 e. The maximum atomic E-state index is 12.1. The molecule has 0 saturated heterocycles. The van der Waals surface area contributed by atoms with Gasteiger partial charge in [0.05, 0.1) is 12.4 Å². The number of carbonyl (C=O) groups excluding carboxylic acids is 1. The summed E-state index contributed by atoms with van der Waals surface area (Å²) in [5, 5.41) is 0. The Labute approximate surface area is 125 Å². The Hall–Kier alpha value is -1.02. The lowest BCUT2D eigenvalue weighted by Gasteiger charge is -2.25. The lowest BCUT2D eigenvalue weighted by atomic mass is 10.2. The summed E-state index contributed by atoms with van der Waals surface area (Å²) in [6.07, 6.45) is 0. The molecule has 0 fully saturated rings. The van der Waals surface area contributed by atoms with Crippen molar-refractivity contribution in [3.63, 3.8) is 0 Å². The highest BCUT2D eigenvalue weighted by molar-refractivity contribution is 6.70. The van der Waals surface area contributed by atoms with Crippen LogP contribution in [0.15, 0.2) is 23.7 Å². The summed E-state index contributed by atoms with van der Waals surface area (Å²) in [6, 6.07) is 0. The third-order valence-corrected chi connectivity index (χ3v) is 3.78. The van der Waals surface area contributed by atoms with Gasteiger partial charge >= 0.3 is 5.97 Å². The van der Waals surface area contributed by atoms with Gasteiger partial charge in [0.25, 0.3) is 0 Å². The number of carbonyl (C=O) groups is 1. The van der Waals surface area contributed by atoms with Gasteiger partial charge in [-0.05, 0) is 53.1 Å². The van der Waals surface area contributed by atoms with Gasteiger partial charge in [-0.2, -0.15) is 0 Å². The maximum absolute atomic E-state index is 12.1. The molecule has 0 bridgehead atoms. The fraction of sp³-hybridized carbons (Fsp3) is 0.643. The van der Waals surface area contributed by atoms with Gasteiger partial charge in [-0.15, -0.1) is 0 Å². The van der Waals surface area contributed by atoms with E-state index >= 15 is 0 Å². The van der Waals surface area contributed by atoms with Crippen molar-refractivity contribution >= 4 is 22.6 Å². The number of allylic oxidation sites excluding steroid dienone is 1. The average molecular weight is 317 g/mol. The molecule has 0 radical (unpaired) electrons. The summed E-state index contributed by atoms with van der Waals surface area (Å²) in [7, 11) is -3.65. The van der Waals surface area contributed by atoms with Crippen molar-refractivity contribution in [2.45, 2.75) is 53.1 Å². The van der Waals surface area contributed by atoms with Gasteiger partial charge in [-0.1, -0.05) is 6.58 Å². The fourth-order valence-corrected chi connectivity index (χ4v) is 3.45. The molecule has 4 nitrogen and oxygen atoms in total. The number of esters is 1. The van der Waals surface area contributed by atoms with Crippen LogP contribution < -0.4 is 0 Å². The molecule has 0 atom stereocenters. The molecule has 0 saturated carbocycles. The Morgan fingerprint density at radius 1 is 1.00 bits per heavy atom. The van der Waals surface area contributed by atoms with Crippen molar-refractivity contribution in [2.75, 3.05) is 6.61 Å². The second kappa shape index (κ2) is 7.12. The van der Waals surface area contributed by atoms with Crippen LogP contribution >= 0.6 is 0 Å². The van der Waals surface area contributed by atoms with E-state index in [0.29, 0.717) is 23.7 Å². The molecule has 0 aliphatic rings. The van der Waals surface area contributed by atoms with Gasteiger partial charge in [0.1, 0.15) is 11.3 Å². The molecule has 6 heteroatoms. The minimum absolute atomic E-state index is 0.308. The molecule has 0 spiro atoms. The van der Waals surface area contributed by atoms with Crippen LogP contribution in [0, 0.1) is 0 Å². The van der Waals surface area contributed by atoms with E-state index in [1.807, 2.05) is 19.6 Å². The molecule has 0 aliphatic carbocycles. The van der Waals surface area contributed by atoms with E-state index in [9.17, 15) is 4.79 Å². The van der Waals surface area contributed by atoms with Crippen molar-refractivity contribution in [3.05, 3.63) is 23.7 Å². The molecule has 0 aliphatic heterocycles. The minimum Gasteiger partial charge on any atom is -0.547 e. The first kappa shape index (κ1) is 19.0. The second-order valence-corrected chi connectivity index (χ2v) is 15.4. The molecule has 0 unspecified atom stereocenters. The van der Waals surface area contributed by atoms with E-state index in [-0.39, 0.29) is 0 Å². The maximum Gasteiger partial charge on any atom is 0.345 e. The van der Waals surface area contributed by atoms with E-state index in [0.717, 1.165) is 0 Å². The highest BCUT2D eigenvalue weighted by Gasteiger charge is 2.27. The average Bonchev–Trinajstić information content (AvgIpc) is 2.11. The number of hydrogen-bond donors (Lipinski definition) is 0. The highest BCUT2D eigenvalue weighted by atomic mass is 28.4. The lowest BCUT2D eigenvalue weighted by molar-refractivity contribution is -0.138. The highest BCUT2D eigenvalue weighted by Crippen LogP contribution is 2.23. The molecular formula is C14H28O4Si2. The molecule has 0 amide bonds.